The van der Waals surface area contributed by atoms with Crippen LogP contribution in [0.1, 0.15) is 19.8 Å². The van der Waals surface area contributed by atoms with E-state index in [1.807, 2.05) is 0 Å². The Kier molecular flexibility index (Phi) is 5.15. The molecule has 0 aromatic heterocycles. The van der Waals surface area contributed by atoms with Gasteiger partial charge in [-0.1, -0.05) is 0 Å². The number of aromatic hydroxyl groups is 3. The number of carbonyl (C=O) groups is 2. The highest BCUT2D eigenvalue weighted by Crippen LogP contribution is 2.37. The van der Waals surface area contributed by atoms with Gasteiger partial charge in [0.05, 0.1) is 18.2 Å². The zero-order valence-corrected chi connectivity index (χ0v) is 12.8. The van der Waals surface area contributed by atoms with Crippen molar-refractivity contribution in [1.82, 2.24) is 4.90 Å². The number of piperidine rings is 1. The van der Waals surface area contributed by atoms with Gasteiger partial charge in [0.25, 0.3) is 0 Å². The third-order valence-electron chi connectivity index (χ3n) is 3.72. The van der Waals surface area contributed by atoms with Crippen LogP contribution in [0.3, 0.4) is 0 Å². The van der Waals surface area contributed by atoms with Gasteiger partial charge in [-0.15, -0.1) is 0 Å². The van der Waals surface area contributed by atoms with Crippen molar-refractivity contribution >= 4 is 17.7 Å². The summed E-state index contributed by atoms with van der Waals surface area (Å²) in [4.78, 5) is 25.3. The quantitative estimate of drug-likeness (QED) is 0.381. The first-order valence-electron chi connectivity index (χ1n) is 7.39. The van der Waals surface area contributed by atoms with E-state index in [-0.39, 0.29) is 17.6 Å². The molecule has 8 heteroatoms. The number of phenols is 3. The summed E-state index contributed by atoms with van der Waals surface area (Å²) in [7, 11) is 0. The van der Waals surface area contributed by atoms with Crippen LogP contribution in [0.5, 0.6) is 17.2 Å². The summed E-state index contributed by atoms with van der Waals surface area (Å²) in [6.45, 7) is 2.91. The molecule has 1 aromatic carbocycles. The molecule has 1 heterocycles. The Morgan fingerprint density at radius 1 is 1.22 bits per heavy atom. The summed E-state index contributed by atoms with van der Waals surface area (Å²) in [5.74, 6) is -2.12. The SMILES string of the molecule is CCOC(=O)C1CCN(C(=O)Nc2cc(O)c(O)c(O)c2)CC1. The molecule has 2 amide bonds. The molecule has 0 spiro atoms. The molecule has 1 aliphatic heterocycles. The van der Waals surface area contributed by atoms with Crippen LogP contribution < -0.4 is 5.32 Å². The average molecular weight is 324 g/mol. The van der Waals surface area contributed by atoms with Gasteiger partial charge in [-0.2, -0.15) is 0 Å². The Morgan fingerprint density at radius 3 is 2.30 bits per heavy atom. The Morgan fingerprint density at radius 2 is 1.78 bits per heavy atom. The summed E-state index contributed by atoms with van der Waals surface area (Å²) in [5, 5.41) is 30.6. The van der Waals surface area contributed by atoms with Gasteiger partial charge in [-0.3, -0.25) is 4.79 Å². The van der Waals surface area contributed by atoms with Crippen LogP contribution in [0.25, 0.3) is 0 Å². The van der Waals surface area contributed by atoms with Crippen molar-refractivity contribution in [3.8, 4) is 17.2 Å². The number of hydrogen-bond donors (Lipinski definition) is 4. The van der Waals surface area contributed by atoms with Gasteiger partial charge in [-0.25, -0.2) is 4.79 Å². The van der Waals surface area contributed by atoms with E-state index >= 15 is 0 Å². The van der Waals surface area contributed by atoms with Gasteiger partial charge < -0.3 is 30.3 Å². The number of nitrogens with zero attached hydrogens (tertiary/aromatic N) is 1. The topological polar surface area (TPSA) is 119 Å². The van der Waals surface area contributed by atoms with Gasteiger partial charge in [0.15, 0.2) is 17.2 Å². The number of rotatable bonds is 3. The van der Waals surface area contributed by atoms with Gasteiger partial charge in [-0.05, 0) is 19.8 Å². The molecule has 1 aromatic rings. The second-order valence-electron chi connectivity index (χ2n) is 5.31. The Bertz CT molecular complexity index is 573. The van der Waals surface area contributed by atoms with E-state index in [0.29, 0.717) is 32.5 Å². The molecule has 126 valence electrons. The highest BCUT2D eigenvalue weighted by atomic mass is 16.5. The predicted octanol–water partition coefficient (Wildman–Crippen LogP) is 1.61. The van der Waals surface area contributed by atoms with Crippen molar-refractivity contribution < 1.29 is 29.6 Å². The minimum atomic E-state index is -0.641. The number of nitrogens with one attached hydrogen (secondary N) is 1. The third-order valence-corrected chi connectivity index (χ3v) is 3.72. The number of esters is 1. The summed E-state index contributed by atoms with van der Waals surface area (Å²) in [5.41, 5.74) is 0.162. The van der Waals surface area contributed by atoms with Gasteiger partial charge in [0.2, 0.25) is 0 Å². The fourth-order valence-corrected chi connectivity index (χ4v) is 2.46. The number of carbonyl (C=O) groups excluding carboxylic acids is 2. The molecule has 4 N–H and O–H groups in total. The number of urea groups is 1. The molecule has 1 saturated heterocycles. The maximum atomic E-state index is 12.2. The van der Waals surface area contributed by atoms with Crippen LogP contribution in [0.15, 0.2) is 12.1 Å². The van der Waals surface area contributed by atoms with Crippen molar-refractivity contribution in [1.29, 1.82) is 0 Å². The van der Waals surface area contributed by atoms with E-state index in [9.17, 15) is 24.9 Å². The molecule has 1 fully saturated rings. The lowest BCUT2D eigenvalue weighted by Crippen LogP contribution is -2.42. The molecule has 0 saturated carbocycles. The zero-order valence-electron chi connectivity index (χ0n) is 12.8. The average Bonchev–Trinajstić information content (AvgIpc) is 2.53. The first-order valence-corrected chi connectivity index (χ1v) is 7.39. The molecule has 23 heavy (non-hydrogen) atoms. The summed E-state index contributed by atoms with van der Waals surface area (Å²) in [6, 6.07) is 1.87. The normalized spacial score (nSPS) is 15.3. The summed E-state index contributed by atoms with van der Waals surface area (Å²) in [6.07, 6.45) is 1.05. The number of ether oxygens (including phenoxy) is 1. The number of phenolic OH excluding ortho intramolecular Hbond substituents is 3. The van der Waals surface area contributed by atoms with Crippen LogP contribution in [0, 0.1) is 5.92 Å². The van der Waals surface area contributed by atoms with Crippen molar-refractivity contribution in [2.45, 2.75) is 19.8 Å². The van der Waals surface area contributed by atoms with Crippen molar-refractivity contribution in [2.24, 2.45) is 5.92 Å². The molecule has 0 aliphatic carbocycles. The second-order valence-corrected chi connectivity index (χ2v) is 5.31. The van der Waals surface area contributed by atoms with Crippen molar-refractivity contribution in [3.05, 3.63) is 12.1 Å². The van der Waals surface area contributed by atoms with Crippen LogP contribution in [-0.4, -0.2) is 51.9 Å². The smallest absolute Gasteiger partial charge is 0.321 e. The highest BCUT2D eigenvalue weighted by Gasteiger charge is 2.28. The number of likely N-dealkylation sites (tertiary alicyclic amines) is 1. The van der Waals surface area contributed by atoms with Crippen LogP contribution in [0.4, 0.5) is 10.5 Å². The third kappa shape index (κ3) is 3.97. The molecule has 0 radical (unpaired) electrons. The monoisotopic (exact) mass is 324 g/mol. The summed E-state index contributed by atoms with van der Waals surface area (Å²) < 4.78 is 4.97. The Hall–Kier alpha value is -2.64. The molecule has 2 rings (SSSR count). The van der Waals surface area contributed by atoms with E-state index in [1.165, 1.54) is 4.90 Å². The molecule has 0 atom stereocenters. The van der Waals surface area contributed by atoms with Crippen LogP contribution >= 0.6 is 0 Å². The highest BCUT2D eigenvalue weighted by molar-refractivity contribution is 5.90. The minimum Gasteiger partial charge on any atom is -0.504 e. The lowest BCUT2D eigenvalue weighted by Gasteiger charge is -2.30. The van der Waals surface area contributed by atoms with E-state index < -0.39 is 23.3 Å². The lowest BCUT2D eigenvalue weighted by atomic mass is 9.97. The predicted molar refractivity (Wildman–Crippen MR) is 81.4 cm³/mol. The first kappa shape index (κ1) is 16.7. The fourth-order valence-electron chi connectivity index (χ4n) is 2.46. The number of amides is 2. The second kappa shape index (κ2) is 7.08. The standard InChI is InChI=1S/C15H20N2O6/c1-2-23-14(21)9-3-5-17(6-4-9)15(22)16-10-7-11(18)13(20)12(19)8-10/h7-9,18-20H,2-6H2,1H3,(H,16,22). The van der Waals surface area contributed by atoms with E-state index in [0.717, 1.165) is 12.1 Å². The minimum absolute atomic E-state index is 0.162. The molecule has 0 bridgehead atoms. The van der Waals surface area contributed by atoms with Gasteiger partial charge in [0, 0.05) is 25.2 Å². The van der Waals surface area contributed by atoms with Gasteiger partial charge in [0.1, 0.15) is 0 Å². The maximum Gasteiger partial charge on any atom is 0.321 e. The summed E-state index contributed by atoms with van der Waals surface area (Å²) >= 11 is 0. The molecule has 8 nitrogen and oxygen atoms in total. The van der Waals surface area contributed by atoms with E-state index in [1.54, 1.807) is 6.92 Å². The zero-order chi connectivity index (χ0) is 17.0. The maximum absolute atomic E-state index is 12.2. The van der Waals surface area contributed by atoms with Crippen molar-refractivity contribution in [2.75, 3.05) is 25.0 Å². The fraction of sp³-hybridized carbons (Fsp3) is 0.467. The lowest BCUT2D eigenvalue weighted by molar-refractivity contribution is -0.149. The van der Waals surface area contributed by atoms with E-state index in [4.69, 9.17) is 4.74 Å². The Balaban J connectivity index is 1.92. The van der Waals surface area contributed by atoms with E-state index in [2.05, 4.69) is 5.32 Å². The molecule has 1 aliphatic rings. The number of anilines is 1. The first-order chi connectivity index (χ1) is 10.9. The number of hydrogen-bond acceptors (Lipinski definition) is 6. The largest absolute Gasteiger partial charge is 0.504 e. The Labute approximate surface area is 133 Å². The van der Waals surface area contributed by atoms with Crippen LogP contribution in [-0.2, 0) is 9.53 Å². The van der Waals surface area contributed by atoms with Crippen LogP contribution in [0.2, 0.25) is 0 Å². The molecular formula is C15H20N2O6. The van der Waals surface area contributed by atoms with Crippen molar-refractivity contribution in [3.63, 3.8) is 0 Å². The number of benzene rings is 1. The van der Waals surface area contributed by atoms with Gasteiger partial charge >= 0.3 is 12.0 Å². The molecular weight excluding hydrogens is 304 g/mol. The molecule has 0 unspecified atom stereocenters.